The number of benzene rings is 2. The van der Waals surface area contributed by atoms with Crippen LogP contribution in [0.1, 0.15) is 55.5 Å². The lowest BCUT2D eigenvalue weighted by Crippen LogP contribution is -2.25. The molecule has 0 aliphatic rings. The normalized spacial score (nSPS) is 13.9. The summed E-state index contributed by atoms with van der Waals surface area (Å²) >= 11 is 5.98. The first-order chi connectivity index (χ1) is 10.1. The van der Waals surface area contributed by atoms with Crippen molar-refractivity contribution in [2.75, 3.05) is 0 Å². The van der Waals surface area contributed by atoms with E-state index in [-0.39, 0.29) is 0 Å². The highest BCUT2D eigenvalue weighted by atomic mass is 35.5. The molecule has 0 spiro atoms. The summed E-state index contributed by atoms with van der Waals surface area (Å²) in [6.45, 7) is 6.57. The molecule has 0 saturated carbocycles. The number of hydrogen-bond donors (Lipinski definition) is 1. The van der Waals surface area contributed by atoms with E-state index >= 15 is 0 Å². The number of rotatable bonds is 6. The van der Waals surface area contributed by atoms with Crippen molar-refractivity contribution < 1.29 is 0 Å². The Kier molecular flexibility index (Phi) is 5.84. The monoisotopic (exact) mass is 301 g/mol. The van der Waals surface area contributed by atoms with Gasteiger partial charge in [0.05, 0.1) is 0 Å². The Labute approximate surface area is 133 Å². The van der Waals surface area contributed by atoms with Crippen LogP contribution in [0.2, 0.25) is 5.02 Å². The lowest BCUT2D eigenvalue weighted by atomic mass is 9.98. The first kappa shape index (κ1) is 16.1. The van der Waals surface area contributed by atoms with Crippen LogP contribution in [0, 0.1) is 6.92 Å². The Morgan fingerprint density at radius 3 is 1.67 bits per heavy atom. The van der Waals surface area contributed by atoms with Crippen LogP contribution in [0.4, 0.5) is 0 Å². The standard InChI is InChI=1S/C19H24ClN/c1-4-18(15-8-6-14(3)7-9-15)21-19(5-2)16-10-12-17(20)13-11-16/h6-13,18-19,21H,4-5H2,1-3H3. The molecule has 2 atom stereocenters. The van der Waals surface area contributed by atoms with Crippen LogP contribution in [0.15, 0.2) is 48.5 Å². The molecule has 0 aromatic heterocycles. The fourth-order valence-electron chi connectivity index (χ4n) is 2.64. The van der Waals surface area contributed by atoms with E-state index in [0.29, 0.717) is 12.1 Å². The molecule has 2 heteroatoms. The number of hydrogen-bond acceptors (Lipinski definition) is 1. The summed E-state index contributed by atoms with van der Waals surface area (Å²) in [6, 6.07) is 17.7. The second-order valence-corrected chi connectivity index (χ2v) is 5.99. The lowest BCUT2D eigenvalue weighted by molar-refractivity contribution is 0.426. The van der Waals surface area contributed by atoms with Crippen molar-refractivity contribution in [3.05, 3.63) is 70.2 Å². The molecule has 1 nitrogen and oxygen atoms in total. The Morgan fingerprint density at radius 2 is 1.24 bits per heavy atom. The molecule has 0 aliphatic heterocycles. The van der Waals surface area contributed by atoms with Crippen molar-refractivity contribution in [1.29, 1.82) is 0 Å². The molecule has 112 valence electrons. The van der Waals surface area contributed by atoms with Crippen molar-refractivity contribution in [1.82, 2.24) is 5.32 Å². The molecule has 0 saturated heterocycles. The number of halogens is 1. The van der Waals surface area contributed by atoms with E-state index in [0.717, 1.165) is 17.9 Å². The van der Waals surface area contributed by atoms with Gasteiger partial charge in [0.1, 0.15) is 0 Å². The third-order valence-corrected chi connectivity index (χ3v) is 4.22. The van der Waals surface area contributed by atoms with E-state index in [1.807, 2.05) is 12.1 Å². The molecule has 1 N–H and O–H groups in total. The minimum atomic E-state index is 0.355. The third-order valence-electron chi connectivity index (χ3n) is 3.97. The first-order valence-corrected chi connectivity index (χ1v) is 8.10. The highest BCUT2D eigenvalue weighted by Crippen LogP contribution is 2.25. The largest absolute Gasteiger partial charge is 0.303 e. The van der Waals surface area contributed by atoms with E-state index < -0.39 is 0 Å². The molecule has 0 radical (unpaired) electrons. The first-order valence-electron chi connectivity index (χ1n) is 7.72. The lowest BCUT2D eigenvalue weighted by Gasteiger charge is -2.25. The van der Waals surface area contributed by atoms with E-state index in [9.17, 15) is 0 Å². The maximum absolute atomic E-state index is 5.98. The van der Waals surface area contributed by atoms with Crippen LogP contribution in [0.25, 0.3) is 0 Å². The quantitative estimate of drug-likeness (QED) is 0.706. The van der Waals surface area contributed by atoms with Gasteiger partial charge in [-0.25, -0.2) is 0 Å². The zero-order valence-electron chi connectivity index (χ0n) is 13.1. The molecule has 0 heterocycles. The van der Waals surface area contributed by atoms with Crippen LogP contribution in [0.5, 0.6) is 0 Å². The van der Waals surface area contributed by atoms with E-state index in [1.54, 1.807) is 0 Å². The predicted octanol–water partition coefficient (Wildman–Crippen LogP) is 5.84. The number of nitrogens with one attached hydrogen (secondary N) is 1. The summed E-state index contributed by atoms with van der Waals surface area (Å²) in [7, 11) is 0. The second kappa shape index (κ2) is 7.63. The van der Waals surface area contributed by atoms with Gasteiger partial charge in [-0.3, -0.25) is 0 Å². The zero-order chi connectivity index (χ0) is 15.2. The van der Waals surface area contributed by atoms with Gasteiger partial charge in [-0.2, -0.15) is 0 Å². The average molecular weight is 302 g/mol. The predicted molar refractivity (Wildman–Crippen MR) is 91.8 cm³/mol. The van der Waals surface area contributed by atoms with Crippen LogP contribution in [-0.2, 0) is 0 Å². The third kappa shape index (κ3) is 4.33. The fraction of sp³-hybridized carbons (Fsp3) is 0.368. The van der Waals surface area contributed by atoms with Crippen LogP contribution in [0.3, 0.4) is 0 Å². The Morgan fingerprint density at radius 1 is 0.810 bits per heavy atom. The maximum Gasteiger partial charge on any atom is 0.0406 e. The van der Waals surface area contributed by atoms with Gasteiger partial charge in [0.2, 0.25) is 0 Å². The minimum absolute atomic E-state index is 0.355. The van der Waals surface area contributed by atoms with Crippen molar-refractivity contribution >= 4 is 11.6 Å². The summed E-state index contributed by atoms with van der Waals surface area (Å²) in [5.74, 6) is 0. The molecule has 0 bridgehead atoms. The second-order valence-electron chi connectivity index (χ2n) is 5.55. The molecule has 2 rings (SSSR count). The van der Waals surface area contributed by atoms with Crippen LogP contribution < -0.4 is 5.32 Å². The molecular weight excluding hydrogens is 278 g/mol. The summed E-state index contributed by atoms with van der Waals surface area (Å²) in [6.07, 6.45) is 2.14. The molecule has 21 heavy (non-hydrogen) atoms. The Hall–Kier alpha value is -1.31. The zero-order valence-corrected chi connectivity index (χ0v) is 13.8. The molecule has 0 amide bonds. The van der Waals surface area contributed by atoms with Crippen molar-refractivity contribution in [3.8, 4) is 0 Å². The highest BCUT2D eigenvalue weighted by Gasteiger charge is 2.15. The van der Waals surface area contributed by atoms with Gasteiger partial charge in [0.15, 0.2) is 0 Å². The average Bonchev–Trinajstić information content (AvgIpc) is 2.51. The summed E-state index contributed by atoms with van der Waals surface area (Å²) in [5.41, 5.74) is 3.96. The molecule has 2 unspecified atom stereocenters. The molecular formula is C19H24ClN. The van der Waals surface area contributed by atoms with Gasteiger partial charge >= 0.3 is 0 Å². The summed E-state index contributed by atoms with van der Waals surface area (Å²) < 4.78 is 0. The van der Waals surface area contributed by atoms with Crippen molar-refractivity contribution in [2.45, 2.75) is 45.7 Å². The van der Waals surface area contributed by atoms with Gasteiger partial charge in [-0.15, -0.1) is 0 Å². The maximum atomic E-state index is 5.98. The SMILES string of the molecule is CCC(NC(CC)c1ccc(Cl)cc1)c1ccc(C)cc1. The van der Waals surface area contributed by atoms with Gasteiger partial charge in [0.25, 0.3) is 0 Å². The highest BCUT2D eigenvalue weighted by molar-refractivity contribution is 6.30. The number of aryl methyl sites for hydroxylation is 1. The smallest absolute Gasteiger partial charge is 0.0406 e. The van der Waals surface area contributed by atoms with Gasteiger partial charge in [0, 0.05) is 17.1 Å². The van der Waals surface area contributed by atoms with Gasteiger partial charge in [-0.1, -0.05) is 67.4 Å². The molecule has 0 fully saturated rings. The van der Waals surface area contributed by atoms with Crippen molar-refractivity contribution in [3.63, 3.8) is 0 Å². The van der Waals surface area contributed by atoms with Gasteiger partial charge < -0.3 is 5.32 Å². The molecule has 0 aliphatic carbocycles. The Bertz CT molecular complexity index is 493. The fourth-order valence-corrected chi connectivity index (χ4v) is 2.76. The topological polar surface area (TPSA) is 12.0 Å². The van der Waals surface area contributed by atoms with Gasteiger partial charge in [-0.05, 0) is 43.0 Å². The van der Waals surface area contributed by atoms with Crippen LogP contribution in [-0.4, -0.2) is 0 Å². The Balaban J connectivity index is 2.15. The molecule has 2 aromatic rings. The van der Waals surface area contributed by atoms with E-state index in [1.165, 1.54) is 16.7 Å². The van der Waals surface area contributed by atoms with E-state index in [4.69, 9.17) is 11.6 Å². The summed E-state index contributed by atoms with van der Waals surface area (Å²) in [4.78, 5) is 0. The van der Waals surface area contributed by atoms with E-state index in [2.05, 4.69) is 62.5 Å². The minimum Gasteiger partial charge on any atom is -0.303 e. The summed E-state index contributed by atoms with van der Waals surface area (Å²) in [5, 5.41) is 4.57. The van der Waals surface area contributed by atoms with Crippen molar-refractivity contribution in [2.24, 2.45) is 0 Å². The molecule has 2 aromatic carbocycles. The van der Waals surface area contributed by atoms with Crippen LogP contribution >= 0.6 is 11.6 Å².